The van der Waals surface area contributed by atoms with Gasteiger partial charge in [-0.3, -0.25) is 0 Å². The first-order valence-corrected chi connectivity index (χ1v) is 5.75. The Bertz CT molecular complexity index is 540. The number of hydrogen-bond donors (Lipinski definition) is 2. The number of nitrogens with one attached hydrogen (secondary N) is 1. The lowest BCUT2D eigenvalue weighted by Crippen LogP contribution is -2.32. The number of carbonyl (C=O) groups is 2. The van der Waals surface area contributed by atoms with E-state index in [4.69, 9.17) is 22.0 Å². The Labute approximate surface area is 115 Å². The van der Waals surface area contributed by atoms with Crippen molar-refractivity contribution in [2.24, 2.45) is 0 Å². The lowest BCUT2D eigenvalue weighted by molar-refractivity contribution is 0.0697. The predicted octanol–water partition coefficient (Wildman–Crippen LogP) is 2.42. The highest BCUT2D eigenvalue weighted by Gasteiger charge is 2.12. The number of anilines is 1. The lowest BCUT2D eigenvalue weighted by atomic mass is 10.2. The zero-order chi connectivity index (χ0) is 14.4. The number of nitriles is 1. The molecular weight excluding hydrogens is 270 g/mol. The Morgan fingerprint density at radius 2 is 2.21 bits per heavy atom. The number of carboxylic acids is 1. The third-order valence-electron chi connectivity index (χ3n) is 2.36. The molecule has 1 aromatic rings. The van der Waals surface area contributed by atoms with E-state index >= 15 is 0 Å². The van der Waals surface area contributed by atoms with Crippen LogP contribution in [-0.4, -0.2) is 35.6 Å². The van der Waals surface area contributed by atoms with Crippen LogP contribution >= 0.6 is 11.6 Å². The van der Waals surface area contributed by atoms with E-state index < -0.39 is 12.0 Å². The smallest absolute Gasteiger partial charge is 0.337 e. The molecule has 0 unspecified atom stereocenters. The highest BCUT2D eigenvalue weighted by atomic mass is 35.5. The third kappa shape index (κ3) is 4.16. The Morgan fingerprint density at radius 3 is 2.74 bits per heavy atom. The molecule has 19 heavy (non-hydrogen) atoms. The molecule has 0 bridgehead atoms. The van der Waals surface area contributed by atoms with Gasteiger partial charge in [-0.25, -0.2) is 9.59 Å². The zero-order valence-corrected chi connectivity index (χ0v) is 10.9. The Balaban J connectivity index is 2.73. The molecule has 0 heterocycles. The first-order valence-electron chi connectivity index (χ1n) is 5.37. The van der Waals surface area contributed by atoms with Gasteiger partial charge in [-0.15, -0.1) is 0 Å². The second-order valence-electron chi connectivity index (χ2n) is 3.76. The number of carbonyl (C=O) groups excluding carboxylic acids is 1. The van der Waals surface area contributed by atoms with Gasteiger partial charge >= 0.3 is 12.0 Å². The van der Waals surface area contributed by atoms with Gasteiger partial charge in [0.15, 0.2) is 0 Å². The van der Waals surface area contributed by atoms with Gasteiger partial charge in [0.25, 0.3) is 0 Å². The fourth-order valence-electron chi connectivity index (χ4n) is 1.30. The van der Waals surface area contributed by atoms with Crippen molar-refractivity contribution in [2.75, 3.05) is 18.9 Å². The molecule has 7 heteroatoms. The molecule has 0 atom stereocenters. The molecule has 2 amide bonds. The molecule has 1 aromatic carbocycles. The SMILES string of the molecule is CN(CCC#N)C(=O)Nc1ccc(C(=O)O)c(Cl)c1. The van der Waals surface area contributed by atoms with E-state index in [2.05, 4.69) is 5.32 Å². The highest BCUT2D eigenvalue weighted by molar-refractivity contribution is 6.33. The van der Waals surface area contributed by atoms with Crippen molar-refractivity contribution in [3.05, 3.63) is 28.8 Å². The minimum Gasteiger partial charge on any atom is -0.478 e. The number of nitrogens with zero attached hydrogens (tertiary/aromatic N) is 2. The van der Waals surface area contributed by atoms with E-state index in [0.29, 0.717) is 12.2 Å². The van der Waals surface area contributed by atoms with Crippen LogP contribution in [0.25, 0.3) is 0 Å². The van der Waals surface area contributed by atoms with Crippen molar-refractivity contribution >= 4 is 29.3 Å². The van der Waals surface area contributed by atoms with Crippen LogP contribution in [0.1, 0.15) is 16.8 Å². The van der Waals surface area contributed by atoms with Gasteiger partial charge in [-0.1, -0.05) is 11.6 Å². The van der Waals surface area contributed by atoms with Gasteiger partial charge in [-0.2, -0.15) is 5.26 Å². The van der Waals surface area contributed by atoms with E-state index in [1.807, 2.05) is 6.07 Å². The van der Waals surface area contributed by atoms with Crippen LogP contribution in [0, 0.1) is 11.3 Å². The molecule has 0 aliphatic heterocycles. The topological polar surface area (TPSA) is 93.4 Å². The van der Waals surface area contributed by atoms with Crippen LogP contribution < -0.4 is 5.32 Å². The van der Waals surface area contributed by atoms with Gasteiger partial charge in [0, 0.05) is 19.3 Å². The van der Waals surface area contributed by atoms with Crippen molar-refractivity contribution in [3.8, 4) is 6.07 Å². The number of aromatic carboxylic acids is 1. The maximum Gasteiger partial charge on any atom is 0.337 e. The Hall–Kier alpha value is -2.26. The van der Waals surface area contributed by atoms with Crippen molar-refractivity contribution < 1.29 is 14.7 Å². The van der Waals surface area contributed by atoms with E-state index in [1.54, 1.807) is 7.05 Å². The van der Waals surface area contributed by atoms with E-state index in [0.717, 1.165) is 0 Å². The molecule has 1 rings (SSSR count). The number of hydrogen-bond acceptors (Lipinski definition) is 3. The number of rotatable bonds is 4. The number of benzene rings is 1. The summed E-state index contributed by atoms with van der Waals surface area (Å²) < 4.78 is 0. The van der Waals surface area contributed by atoms with Crippen LogP contribution in [0.4, 0.5) is 10.5 Å². The van der Waals surface area contributed by atoms with Crippen molar-refractivity contribution in [1.29, 1.82) is 5.26 Å². The number of halogens is 1. The zero-order valence-electron chi connectivity index (χ0n) is 10.2. The standard InChI is InChI=1S/C12H12ClN3O3/c1-16(6-2-5-14)12(19)15-8-3-4-9(11(17)18)10(13)7-8/h3-4,7H,2,6H2,1H3,(H,15,19)(H,17,18). The number of amides is 2. The molecule has 0 radical (unpaired) electrons. The van der Waals surface area contributed by atoms with Crippen LogP contribution in [-0.2, 0) is 0 Å². The monoisotopic (exact) mass is 281 g/mol. The molecule has 0 spiro atoms. The van der Waals surface area contributed by atoms with E-state index in [9.17, 15) is 9.59 Å². The van der Waals surface area contributed by atoms with Crippen molar-refractivity contribution in [1.82, 2.24) is 4.90 Å². The van der Waals surface area contributed by atoms with Crippen LogP contribution in [0.3, 0.4) is 0 Å². The van der Waals surface area contributed by atoms with E-state index in [-0.39, 0.29) is 17.0 Å². The predicted molar refractivity (Wildman–Crippen MR) is 70.3 cm³/mol. The molecule has 0 saturated heterocycles. The summed E-state index contributed by atoms with van der Waals surface area (Å²) in [6.45, 7) is 0.309. The first kappa shape index (κ1) is 14.8. The lowest BCUT2D eigenvalue weighted by Gasteiger charge is -2.16. The molecule has 100 valence electrons. The van der Waals surface area contributed by atoms with Crippen LogP contribution in [0.15, 0.2) is 18.2 Å². The van der Waals surface area contributed by atoms with Crippen LogP contribution in [0.5, 0.6) is 0 Å². The summed E-state index contributed by atoms with van der Waals surface area (Å²) in [5, 5.41) is 19.8. The molecule has 0 aliphatic carbocycles. The summed E-state index contributed by atoms with van der Waals surface area (Å²) in [5.41, 5.74) is 0.362. The summed E-state index contributed by atoms with van der Waals surface area (Å²) in [5.74, 6) is -1.13. The molecule has 2 N–H and O–H groups in total. The van der Waals surface area contributed by atoms with Gasteiger partial charge < -0.3 is 15.3 Å². The fraction of sp³-hybridized carbons (Fsp3) is 0.250. The Morgan fingerprint density at radius 1 is 1.53 bits per heavy atom. The van der Waals surface area contributed by atoms with Crippen molar-refractivity contribution in [2.45, 2.75) is 6.42 Å². The second-order valence-corrected chi connectivity index (χ2v) is 4.17. The summed E-state index contributed by atoms with van der Waals surface area (Å²) in [6.07, 6.45) is 0.239. The summed E-state index contributed by atoms with van der Waals surface area (Å²) in [6, 6.07) is 5.67. The van der Waals surface area contributed by atoms with Gasteiger partial charge in [0.1, 0.15) is 0 Å². The fourth-order valence-corrected chi connectivity index (χ4v) is 1.57. The minimum atomic E-state index is -1.13. The normalized spacial score (nSPS) is 9.53. The Kier molecular flexibility index (Phi) is 5.15. The highest BCUT2D eigenvalue weighted by Crippen LogP contribution is 2.21. The maximum absolute atomic E-state index is 11.7. The maximum atomic E-state index is 11.7. The molecule has 0 aromatic heterocycles. The first-order chi connectivity index (χ1) is 8.95. The molecule has 0 fully saturated rings. The summed E-state index contributed by atoms with van der Waals surface area (Å²) in [4.78, 5) is 23.8. The van der Waals surface area contributed by atoms with Gasteiger partial charge in [0.05, 0.1) is 23.1 Å². The summed E-state index contributed by atoms with van der Waals surface area (Å²) >= 11 is 5.78. The molecule has 6 nitrogen and oxygen atoms in total. The minimum absolute atomic E-state index is 0.0301. The third-order valence-corrected chi connectivity index (χ3v) is 2.67. The molecular formula is C12H12ClN3O3. The van der Waals surface area contributed by atoms with Gasteiger partial charge in [0.2, 0.25) is 0 Å². The molecule has 0 saturated carbocycles. The summed E-state index contributed by atoms with van der Waals surface area (Å²) in [7, 11) is 1.56. The average Bonchev–Trinajstić information content (AvgIpc) is 2.35. The second kappa shape index (κ2) is 6.61. The quantitative estimate of drug-likeness (QED) is 0.886. The number of urea groups is 1. The van der Waals surface area contributed by atoms with Crippen molar-refractivity contribution in [3.63, 3.8) is 0 Å². The van der Waals surface area contributed by atoms with Gasteiger partial charge in [-0.05, 0) is 18.2 Å². The van der Waals surface area contributed by atoms with Crippen LogP contribution in [0.2, 0.25) is 5.02 Å². The van der Waals surface area contributed by atoms with E-state index in [1.165, 1.54) is 23.1 Å². The largest absolute Gasteiger partial charge is 0.478 e. The number of carboxylic acid groups (broad SMARTS) is 1. The average molecular weight is 282 g/mol. The molecule has 0 aliphatic rings.